The van der Waals surface area contributed by atoms with E-state index in [4.69, 9.17) is 0 Å². The monoisotopic (exact) mass is 338 g/mol. The quantitative estimate of drug-likeness (QED) is 0.407. The van der Waals surface area contributed by atoms with Gasteiger partial charge in [0.25, 0.3) is 0 Å². The summed E-state index contributed by atoms with van der Waals surface area (Å²) in [6.45, 7) is 11.8. The first-order valence-corrected chi connectivity index (χ1v) is 9.79. The van der Waals surface area contributed by atoms with E-state index in [0.717, 1.165) is 0 Å². The summed E-state index contributed by atoms with van der Waals surface area (Å²) in [6, 6.07) is 20.8. The van der Waals surface area contributed by atoms with Crippen molar-refractivity contribution in [2.45, 2.75) is 51.9 Å². The van der Waals surface area contributed by atoms with E-state index in [1.54, 1.807) is 5.56 Å². The van der Waals surface area contributed by atoms with Crippen molar-refractivity contribution in [3.63, 3.8) is 0 Å². The highest BCUT2D eigenvalue weighted by molar-refractivity contribution is 5.90. The molecule has 2 aliphatic carbocycles. The van der Waals surface area contributed by atoms with E-state index in [-0.39, 0.29) is 5.41 Å². The van der Waals surface area contributed by atoms with Gasteiger partial charge in [-0.3, -0.25) is 0 Å². The highest BCUT2D eigenvalue weighted by atomic mass is 14.4. The second kappa shape index (κ2) is 5.10. The average Bonchev–Trinajstić information content (AvgIpc) is 2.86. The second-order valence-corrected chi connectivity index (χ2v) is 8.79. The van der Waals surface area contributed by atoms with Crippen LogP contribution in [0.2, 0.25) is 0 Å². The van der Waals surface area contributed by atoms with Gasteiger partial charge >= 0.3 is 0 Å². The topological polar surface area (TPSA) is 0 Å². The van der Waals surface area contributed by atoms with Gasteiger partial charge in [-0.1, -0.05) is 87.9 Å². The number of benzene rings is 3. The summed E-state index contributed by atoms with van der Waals surface area (Å²) in [5.41, 5.74) is 13.3. The maximum absolute atomic E-state index is 2.42. The van der Waals surface area contributed by atoms with Gasteiger partial charge in [0.1, 0.15) is 0 Å². The SMILES string of the molecule is Cc1ccc2c(c1)C(C)(C)c1ccc3c(c1-2)C(C)C(C)c1ccccc1-3. The zero-order valence-electron chi connectivity index (χ0n) is 16.4. The Balaban J connectivity index is 1.90. The Labute approximate surface area is 156 Å². The van der Waals surface area contributed by atoms with Crippen LogP contribution in [0.15, 0.2) is 54.6 Å². The molecule has 3 aromatic rings. The number of rotatable bonds is 0. The first-order chi connectivity index (χ1) is 12.4. The van der Waals surface area contributed by atoms with E-state index in [9.17, 15) is 0 Å². The van der Waals surface area contributed by atoms with Crippen molar-refractivity contribution >= 4 is 0 Å². The van der Waals surface area contributed by atoms with E-state index >= 15 is 0 Å². The van der Waals surface area contributed by atoms with Gasteiger partial charge in [0.2, 0.25) is 0 Å². The van der Waals surface area contributed by atoms with Crippen LogP contribution in [0.25, 0.3) is 22.3 Å². The molecule has 26 heavy (non-hydrogen) atoms. The Kier molecular flexibility index (Phi) is 3.11. The van der Waals surface area contributed by atoms with Crippen molar-refractivity contribution in [2.24, 2.45) is 0 Å². The van der Waals surface area contributed by atoms with Crippen LogP contribution in [-0.4, -0.2) is 0 Å². The molecule has 5 rings (SSSR count). The van der Waals surface area contributed by atoms with Gasteiger partial charge in [0, 0.05) is 5.41 Å². The largest absolute Gasteiger partial charge is 0.0619 e. The Hall–Kier alpha value is -2.34. The summed E-state index contributed by atoms with van der Waals surface area (Å²) in [5.74, 6) is 1.07. The third-order valence-corrected chi connectivity index (χ3v) is 6.98. The lowest BCUT2D eigenvalue weighted by molar-refractivity contribution is 0.614. The molecule has 2 atom stereocenters. The van der Waals surface area contributed by atoms with Gasteiger partial charge < -0.3 is 0 Å². The Bertz CT molecular complexity index is 1050. The summed E-state index contributed by atoms with van der Waals surface area (Å²) in [7, 11) is 0. The minimum absolute atomic E-state index is 0.0750. The molecule has 2 aliphatic rings. The molecular weight excluding hydrogens is 312 g/mol. The maximum atomic E-state index is 2.42. The van der Waals surface area contributed by atoms with Crippen LogP contribution in [0.1, 0.15) is 67.3 Å². The molecule has 0 saturated carbocycles. The fourth-order valence-electron chi connectivity index (χ4n) is 5.34. The Morgan fingerprint density at radius 2 is 1.46 bits per heavy atom. The fraction of sp³-hybridized carbons (Fsp3) is 0.308. The standard InChI is InChI=1S/C26H26/c1-15-10-11-21-23(14-15)26(4,5)22-13-12-20-19-9-7-6-8-18(19)16(2)17(3)24(20)25(21)22/h6-14,16-17H,1-5H3. The number of hydrogen-bond donors (Lipinski definition) is 0. The first-order valence-electron chi connectivity index (χ1n) is 9.79. The normalized spacial score (nSPS) is 21.6. The van der Waals surface area contributed by atoms with Crippen LogP contribution >= 0.6 is 0 Å². The van der Waals surface area contributed by atoms with Gasteiger partial charge in [-0.25, -0.2) is 0 Å². The first kappa shape index (κ1) is 15.9. The molecular formula is C26H26. The van der Waals surface area contributed by atoms with E-state index < -0.39 is 0 Å². The van der Waals surface area contributed by atoms with Crippen molar-refractivity contribution in [3.8, 4) is 22.3 Å². The minimum atomic E-state index is 0.0750. The van der Waals surface area contributed by atoms with Crippen LogP contribution in [0.3, 0.4) is 0 Å². The molecule has 0 spiro atoms. The fourth-order valence-corrected chi connectivity index (χ4v) is 5.34. The summed E-state index contributed by atoms with van der Waals surface area (Å²) >= 11 is 0. The number of fused-ring (bicyclic) bond motifs is 7. The molecule has 0 heterocycles. The lowest BCUT2D eigenvalue weighted by atomic mass is 9.70. The van der Waals surface area contributed by atoms with Crippen molar-refractivity contribution in [1.29, 1.82) is 0 Å². The van der Waals surface area contributed by atoms with E-state index in [1.165, 1.54) is 44.5 Å². The van der Waals surface area contributed by atoms with Gasteiger partial charge in [-0.2, -0.15) is 0 Å². The smallest absolute Gasteiger partial charge is 0.0159 e. The summed E-state index contributed by atoms with van der Waals surface area (Å²) < 4.78 is 0. The van der Waals surface area contributed by atoms with Gasteiger partial charge in [0.15, 0.2) is 0 Å². The van der Waals surface area contributed by atoms with E-state index in [0.29, 0.717) is 11.8 Å². The molecule has 0 N–H and O–H groups in total. The van der Waals surface area contributed by atoms with Gasteiger partial charge in [-0.15, -0.1) is 0 Å². The van der Waals surface area contributed by atoms with E-state index in [1.807, 2.05) is 0 Å². The summed E-state index contributed by atoms with van der Waals surface area (Å²) in [4.78, 5) is 0. The second-order valence-electron chi connectivity index (χ2n) is 8.79. The predicted octanol–water partition coefficient (Wildman–Crippen LogP) is 7.19. The molecule has 0 saturated heterocycles. The molecule has 2 unspecified atom stereocenters. The van der Waals surface area contributed by atoms with Crippen LogP contribution in [0.4, 0.5) is 0 Å². The highest BCUT2D eigenvalue weighted by Crippen LogP contribution is 2.57. The molecule has 0 amide bonds. The van der Waals surface area contributed by atoms with Crippen LogP contribution < -0.4 is 0 Å². The van der Waals surface area contributed by atoms with Crippen LogP contribution in [0.5, 0.6) is 0 Å². The molecule has 0 heteroatoms. The van der Waals surface area contributed by atoms with Crippen LogP contribution in [-0.2, 0) is 5.41 Å². The minimum Gasteiger partial charge on any atom is -0.0619 e. The van der Waals surface area contributed by atoms with Crippen LogP contribution in [0, 0.1) is 6.92 Å². The Morgan fingerprint density at radius 3 is 2.27 bits per heavy atom. The predicted molar refractivity (Wildman–Crippen MR) is 111 cm³/mol. The molecule has 0 aromatic heterocycles. The molecule has 0 aliphatic heterocycles. The summed E-state index contributed by atoms with van der Waals surface area (Å²) in [6.07, 6.45) is 0. The maximum Gasteiger partial charge on any atom is 0.0159 e. The van der Waals surface area contributed by atoms with Crippen molar-refractivity contribution in [2.75, 3.05) is 0 Å². The molecule has 0 nitrogen and oxygen atoms in total. The van der Waals surface area contributed by atoms with Crippen molar-refractivity contribution in [3.05, 3.63) is 82.4 Å². The average molecular weight is 338 g/mol. The summed E-state index contributed by atoms with van der Waals surface area (Å²) in [5, 5.41) is 0. The number of aryl methyl sites for hydroxylation is 1. The van der Waals surface area contributed by atoms with Gasteiger partial charge in [0.05, 0.1) is 0 Å². The third kappa shape index (κ3) is 1.85. The molecule has 130 valence electrons. The van der Waals surface area contributed by atoms with Crippen molar-refractivity contribution in [1.82, 2.24) is 0 Å². The molecule has 0 bridgehead atoms. The lowest BCUT2D eigenvalue weighted by Gasteiger charge is -2.34. The Morgan fingerprint density at radius 1 is 0.731 bits per heavy atom. The lowest BCUT2D eigenvalue weighted by Crippen LogP contribution is -2.17. The highest BCUT2D eigenvalue weighted by Gasteiger charge is 2.40. The van der Waals surface area contributed by atoms with Crippen molar-refractivity contribution < 1.29 is 0 Å². The van der Waals surface area contributed by atoms with E-state index in [2.05, 4.69) is 89.2 Å². The number of hydrogen-bond acceptors (Lipinski definition) is 0. The van der Waals surface area contributed by atoms with Gasteiger partial charge in [-0.05, 0) is 63.3 Å². The third-order valence-electron chi connectivity index (χ3n) is 6.98. The zero-order chi connectivity index (χ0) is 18.2. The molecule has 0 radical (unpaired) electrons. The molecule has 0 fully saturated rings. The molecule has 3 aromatic carbocycles. The zero-order valence-corrected chi connectivity index (χ0v) is 16.4.